The molecule has 1 amide bonds. The summed E-state index contributed by atoms with van der Waals surface area (Å²) in [6, 6.07) is 17.9. The molecule has 0 fully saturated rings. The van der Waals surface area contributed by atoms with Gasteiger partial charge >= 0.3 is 0 Å². The molecule has 0 saturated carbocycles. The maximum Gasteiger partial charge on any atom is 0.272 e. The summed E-state index contributed by atoms with van der Waals surface area (Å²) in [6.45, 7) is 2.27. The Bertz CT molecular complexity index is 948. The lowest BCUT2D eigenvalue weighted by atomic mass is 9.88. The summed E-state index contributed by atoms with van der Waals surface area (Å²) < 4.78 is 7.42. The molecule has 1 aliphatic carbocycles. The summed E-state index contributed by atoms with van der Waals surface area (Å²) in [5, 5.41) is 7.49. The zero-order chi connectivity index (χ0) is 18.6. The largest absolute Gasteiger partial charge is 0.471 e. The summed E-state index contributed by atoms with van der Waals surface area (Å²) >= 11 is 0. The molecule has 0 bridgehead atoms. The minimum absolute atomic E-state index is 0.0517. The van der Waals surface area contributed by atoms with Crippen LogP contribution in [0, 0.1) is 6.92 Å². The summed E-state index contributed by atoms with van der Waals surface area (Å²) in [5.74, 6) is 0.671. The topological polar surface area (TPSA) is 56.1 Å². The van der Waals surface area contributed by atoms with Crippen molar-refractivity contribution in [3.05, 3.63) is 83.2 Å². The van der Waals surface area contributed by atoms with Gasteiger partial charge < -0.3 is 10.1 Å². The molecule has 1 heterocycles. The van der Waals surface area contributed by atoms with E-state index in [4.69, 9.17) is 4.74 Å². The summed E-state index contributed by atoms with van der Waals surface area (Å²) in [6.07, 6.45) is 4.88. The van der Waals surface area contributed by atoms with Gasteiger partial charge in [-0.05, 0) is 55.0 Å². The van der Waals surface area contributed by atoms with E-state index in [1.807, 2.05) is 37.3 Å². The minimum atomic E-state index is -0.147. The first-order valence-corrected chi connectivity index (χ1v) is 9.31. The molecule has 1 aromatic heterocycles. The molecule has 0 radical (unpaired) electrons. The van der Waals surface area contributed by atoms with E-state index in [-0.39, 0.29) is 18.7 Å². The molecule has 4 rings (SSSR count). The molecule has 2 aromatic carbocycles. The number of carbonyl (C=O) groups excluding carboxylic acids is 1. The Hall–Kier alpha value is -3.08. The number of nitrogens with one attached hydrogen (secondary N) is 1. The van der Waals surface area contributed by atoms with E-state index in [1.165, 1.54) is 11.1 Å². The van der Waals surface area contributed by atoms with E-state index in [0.29, 0.717) is 5.69 Å². The van der Waals surface area contributed by atoms with Crippen molar-refractivity contribution >= 4 is 5.91 Å². The molecule has 5 nitrogen and oxygen atoms in total. The van der Waals surface area contributed by atoms with Crippen LogP contribution in [0.15, 0.2) is 60.8 Å². The number of amides is 1. The monoisotopic (exact) mass is 361 g/mol. The molecular formula is C22H23N3O2. The van der Waals surface area contributed by atoms with Crippen LogP contribution in [0.4, 0.5) is 0 Å². The maximum atomic E-state index is 12.6. The van der Waals surface area contributed by atoms with Gasteiger partial charge in [0.1, 0.15) is 11.4 Å². The van der Waals surface area contributed by atoms with Crippen molar-refractivity contribution in [2.45, 2.75) is 39.0 Å². The van der Waals surface area contributed by atoms with Crippen LogP contribution in [0.25, 0.3) is 0 Å². The zero-order valence-corrected chi connectivity index (χ0v) is 15.4. The quantitative estimate of drug-likeness (QED) is 0.746. The molecule has 1 unspecified atom stereocenters. The average molecular weight is 361 g/mol. The number of rotatable bonds is 5. The Balaban J connectivity index is 1.40. The second kappa shape index (κ2) is 7.66. The lowest BCUT2D eigenvalue weighted by molar-refractivity contribution is 0.0925. The number of para-hydroxylation sites is 1. The van der Waals surface area contributed by atoms with E-state index >= 15 is 0 Å². The Kier molecular flexibility index (Phi) is 4.92. The van der Waals surface area contributed by atoms with E-state index < -0.39 is 0 Å². The van der Waals surface area contributed by atoms with Crippen molar-refractivity contribution < 1.29 is 9.53 Å². The summed E-state index contributed by atoms with van der Waals surface area (Å²) in [7, 11) is 0. The fourth-order valence-electron chi connectivity index (χ4n) is 3.54. The molecule has 1 N–H and O–H groups in total. The predicted octanol–water partition coefficient (Wildman–Crippen LogP) is 4.04. The number of ether oxygens (including phenoxy) is 1. The van der Waals surface area contributed by atoms with Gasteiger partial charge in [-0.15, -0.1) is 0 Å². The molecule has 0 spiro atoms. The van der Waals surface area contributed by atoms with E-state index in [0.717, 1.165) is 30.6 Å². The van der Waals surface area contributed by atoms with Gasteiger partial charge in [-0.25, -0.2) is 4.68 Å². The van der Waals surface area contributed by atoms with Gasteiger partial charge in [0.25, 0.3) is 5.91 Å². The van der Waals surface area contributed by atoms with Gasteiger partial charge in [0.15, 0.2) is 6.73 Å². The van der Waals surface area contributed by atoms with Crippen molar-refractivity contribution in [2.24, 2.45) is 0 Å². The highest BCUT2D eigenvalue weighted by Crippen LogP contribution is 2.29. The van der Waals surface area contributed by atoms with Crippen LogP contribution in [0.1, 0.15) is 46.1 Å². The summed E-state index contributed by atoms with van der Waals surface area (Å²) in [4.78, 5) is 12.6. The smallest absolute Gasteiger partial charge is 0.272 e. The van der Waals surface area contributed by atoms with Crippen LogP contribution in [-0.4, -0.2) is 15.7 Å². The molecule has 138 valence electrons. The van der Waals surface area contributed by atoms with Crippen molar-refractivity contribution in [2.75, 3.05) is 0 Å². The SMILES string of the molecule is Cc1ccccc1OCn1ccc(C(=O)NC2CCCc3ccccc32)n1. The third kappa shape index (κ3) is 3.87. The summed E-state index contributed by atoms with van der Waals surface area (Å²) in [5.41, 5.74) is 4.02. The maximum absolute atomic E-state index is 12.6. The Morgan fingerprint density at radius 2 is 2.00 bits per heavy atom. The minimum Gasteiger partial charge on any atom is -0.471 e. The van der Waals surface area contributed by atoms with Gasteiger partial charge in [-0.1, -0.05) is 42.5 Å². The Labute approximate surface area is 159 Å². The van der Waals surface area contributed by atoms with Crippen molar-refractivity contribution in [1.29, 1.82) is 0 Å². The number of hydrogen-bond donors (Lipinski definition) is 1. The van der Waals surface area contributed by atoms with Crippen LogP contribution in [0.5, 0.6) is 5.75 Å². The molecule has 27 heavy (non-hydrogen) atoms. The first-order chi connectivity index (χ1) is 13.2. The second-order valence-corrected chi connectivity index (χ2v) is 6.90. The van der Waals surface area contributed by atoms with Gasteiger partial charge in [0.2, 0.25) is 0 Å². The molecule has 5 heteroatoms. The normalized spacial score (nSPS) is 15.8. The molecule has 0 aliphatic heterocycles. The van der Waals surface area contributed by atoms with E-state index in [2.05, 4.69) is 28.6 Å². The van der Waals surface area contributed by atoms with Crippen LogP contribution in [-0.2, 0) is 13.2 Å². The Morgan fingerprint density at radius 1 is 1.19 bits per heavy atom. The van der Waals surface area contributed by atoms with Crippen LogP contribution in [0.2, 0.25) is 0 Å². The second-order valence-electron chi connectivity index (χ2n) is 6.90. The van der Waals surface area contributed by atoms with Crippen molar-refractivity contribution in [1.82, 2.24) is 15.1 Å². The number of hydrogen-bond acceptors (Lipinski definition) is 3. The number of aryl methyl sites for hydroxylation is 2. The highest BCUT2D eigenvalue weighted by Gasteiger charge is 2.22. The molecular weight excluding hydrogens is 338 g/mol. The molecule has 3 aromatic rings. The average Bonchev–Trinajstić information content (AvgIpc) is 3.17. The van der Waals surface area contributed by atoms with Crippen LogP contribution < -0.4 is 10.1 Å². The van der Waals surface area contributed by atoms with Gasteiger partial charge in [0.05, 0.1) is 6.04 Å². The fourth-order valence-corrected chi connectivity index (χ4v) is 3.54. The van der Waals surface area contributed by atoms with Gasteiger partial charge in [0, 0.05) is 6.20 Å². The highest BCUT2D eigenvalue weighted by atomic mass is 16.5. The third-order valence-electron chi connectivity index (χ3n) is 4.99. The van der Waals surface area contributed by atoms with Gasteiger partial charge in [-0.3, -0.25) is 4.79 Å². The number of nitrogens with zero attached hydrogens (tertiary/aromatic N) is 2. The van der Waals surface area contributed by atoms with E-state index in [1.54, 1.807) is 16.9 Å². The van der Waals surface area contributed by atoms with Crippen molar-refractivity contribution in [3.8, 4) is 5.75 Å². The molecule has 0 saturated heterocycles. The number of benzene rings is 2. The standard InChI is InChI=1S/C22H23N3O2/c1-16-7-2-5-12-21(16)27-15-25-14-13-20(24-25)22(26)23-19-11-6-9-17-8-3-4-10-18(17)19/h2-5,7-8,10,12-14,19H,6,9,11,15H2,1H3,(H,23,26). The first-order valence-electron chi connectivity index (χ1n) is 9.31. The first kappa shape index (κ1) is 17.3. The lowest BCUT2D eigenvalue weighted by Gasteiger charge is -2.26. The number of fused-ring (bicyclic) bond motifs is 1. The third-order valence-corrected chi connectivity index (χ3v) is 4.99. The highest BCUT2D eigenvalue weighted by molar-refractivity contribution is 5.92. The lowest BCUT2D eigenvalue weighted by Crippen LogP contribution is -2.31. The zero-order valence-electron chi connectivity index (χ0n) is 15.4. The number of carbonyl (C=O) groups is 1. The molecule has 1 atom stereocenters. The Morgan fingerprint density at radius 3 is 2.89 bits per heavy atom. The van der Waals surface area contributed by atoms with Crippen molar-refractivity contribution in [3.63, 3.8) is 0 Å². The fraction of sp³-hybridized carbons (Fsp3) is 0.273. The van der Waals surface area contributed by atoms with Crippen LogP contribution in [0.3, 0.4) is 0 Å². The van der Waals surface area contributed by atoms with Crippen LogP contribution >= 0.6 is 0 Å². The van der Waals surface area contributed by atoms with Gasteiger partial charge in [-0.2, -0.15) is 5.10 Å². The van der Waals surface area contributed by atoms with E-state index in [9.17, 15) is 4.79 Å². The molecule has 1 aliphatic rings. The predicted molar refractivity (Wildman–Crippen MR) is 104 cm³/mol. The number of aromatic nitrogens is 2.